The van der Waals surface area contributed by atoms with Gasteiger partial charge in [-0.1, -0.05) is 26.8 Å². The van der Waals surface area contributed by atoms with Crippen molar-refractivity contribution in [1.29, 1.82) is 0 Å². The van der Waals surface area contributed by atoms with E-state index in [1.807, 2.05) is 0 Å². The minimum atomic E-state index is -2.30. The van der Waals surface area contributed by atoms with E-state index in [4.69, 9.17) is 4.74 Å². The van der Waals surface area contributed by atoms with Gasteiger partial charge in [-0.2, -0.15) is 0 Å². The van der Waals surface area contributed by atoms with Crippen LogP contribution in [0.25, 0.3) is 0 Å². The predicted octanol–water partition coefficient (Wildman–Crippen LogP) is 3.33. The Morgan fingerprint density at radius 1 is 1.25 bits per heavy atom. The highest BCUT2D eigenvalue weighted by Gasteiger charge is 2.78. The lowest BCUT2D eigenvalue weighted by atomic mass is 9.44. The molecule has 32 heavy (non-hydrogen) atoms. The van der Waals surface area contributed by atoms with Crippen molar-refractivity contribution in [3.8, 4) is 0 Å². The summed E-state index contributed by atoms with van der Waals surface area (Å²) in [5.41, 5.74) is -7.07. The Morgan fingerprint density at radius 2 is 1.91 bits per heavy atom. The van der Waals surface area contributed by atoms with E-state index in [1.54, 1.807) is 20.8 Å². The van der Waals surface area contributed by atoms with Crippen LogP contribution in [0.1, 0.15) is 53.4 Å². The number of aliphatic hydroxyl groups excluding tert-OH is 1. The number of ether oxygens (including phenoxy) is 1. The van der Waals surface area contributed by atoms with Crippen LogP contribution >= 0.6 is 0 Å². The van der Waals surface area contributed by atoms with Gasteiger partial charge in [0.05, 0.1) is 6.10 Å². The van der Waals surface area contributed by atoms with E-state index in [2.05, 4.69) is 0 Å². The monoisotopic (exact) mass is 452 g/mol. The summed E-state index contributed by atoms with van der Waals surface area (Å²) in [6.07, 6.45) is 0.0529. The molecule has 0 amide bonds. The van der Waals surface area contributed by atoms with Crippen molar-refractivity contribution < 1.29 is 38.1 Å². The third kappa shape index (κ3) is 2.50. The van der Waals surface area contributed by atoms with Gasteiger partial charge in [0.2, 0.25) is 5.60 Å². The zero-order valence-electron chi connectivity index (χ0n) is 18.7. The van der Waals surface area contributed by atoms with Crippen LogP contribution in [-0.4, -0.2) is 51.5 Å². The number of halogens is 2. The van der Waals surface area contributed by atoms with E-state index in [1.165, 1.54) is 19.1 Å². The molecule has 0 aromatic heterocycles. The Kier molecular flexibility index (Phi) is 5.02. The molecule has 0 aromatic rings. The summed E-state index contributed by atoms with van der Waals surface area (Å²) in [5, 5.41) is 21.5. The number of carbonyl (C=O) groups is 3. The van der Waals surface area contributed by atoms with E-state index in [0.29, 0.717) is 0 Å². The van der Waals surface area contributed by atoms with Crippen molar-refractivity contribution in [3.05, 3.63) is 23.8 Å². The van der Waals surface area contributed by atoms with Crippen LogP contribution in [0.5, 0.6) is 0 Å². The first-order valence-corrected chi connectivity index (χ1v) is 11.2. The fraction of sp³-hybridized carbons (Fsp3) is 0.708. The molecule has 3 saturated carbocycles. The minimum absolute atomic E-state index is 0.0133. The Labute approximate surface area is 185 Å². The van der Waals surface area contributed by atoms with Crippen LogP contribution in [0.15, 0.2) is 23.8 Å². The number of esters is 1. The number of allylic oxidation sites excluding steroid dienone is 4. The minimum Gasteiger partial charge on any atom is -0.478 e. The van der Waals surface area contributed by atoms with Crippen LogP contribution in [0, 0.1) is 28.6 Å². The van der Waals surface area contributed by atoms with Crippen LogP contribution < -0.4 is 0 Å². The van der Waals surface area contributed by atoms with Gasteiger partial charge in [-0.3, -0.25) is 9.59 Å². The number of carboxylic acid groups (broad SMARTS) is 1. The smallest absolute Gasteiger partial charge is 0.349 e. The zero-order chi connectivity index (χ0) is 23.9. The highest BCUT2D eigenvalue weighted by molar-refractivity contribution is 6.01. The molecule has 2 N–H and O–H groups in total. The van der Waals surface area contributed by atoms with Crippen LogP contribution in [-0.2, 0) is 19.1 Å². The van der Waals surface area contributed by atoms with Crippen molar-refractivity contribution in [2.24, 2.45) is 28.6 Å². The molecular formula is C24H30F2O6. The average molecular weight is 452 g/mol. The molecule has 0 spiro atoms. The fourth-order valence-corrected chi connectivity index (χ4v) is 7.49. The second-order valence-electron chi connectivity index (χ2n) is 10.4. The van der Waals surface area contributed by atoms with Crippen LogP contribution in [0.2, 0.25) is 0 Å². The summed E-state index contributed by atoms with van der Waals surface area (Å²) < 4.78 is 38.1. The van der Waals surface area contributed by atoms with E-state index in [-0.39, 0.29) is 31.3 Å². The third-order valence-electron chi connectivity index (χ3n) is 9.05. The highest BCUT2D eigenvalue weighted by Crippen LogP contribution is 2.71. The number of fused-ring (bicyclic) bond motifs is 5. The first-order valence-electron chi connectivity index (χ1n) is 11.2. The normalized spacial score (nSPS) is 49.5. The van der Waals surface area contributed by atoms with E-state index in [0.717, 1.165) is 6.08 Å². The summed E-state index contributed by atoms with van der Waals surface area (Å²) in [4.78, 5) is 36.7. The fourth-order valence-electron chi connectivity index (χ4n) is 7.49. The quantitative estimate of drug-likeness (QED) is 0.637. The molecular weight excluding hydrogens is 422 g/mol. The molecule has 0 aliphatic heterocycles. The second-order valence-corrected chi connectivity index (χ2v) is 10.4. The number of aliphatic hydroxyl groups is 1. The van der Waals surface area contributed by atoms with Gasteiger partial charge in [0, 0.05) is 29.1 Å². The zero-order valence-corrected chi connectivity index (χ0v) is 18.7. The van der Waals surface area contributed by atoms with E-state index >= 15 is 8.78 Å². The lowest BCUT2D eigenvalue weighted by Gasteiger charge is -2.62. The molecule has 6 nitrogen and oxygen atoms in total. The van der Waals surface area contributed by atoms with E-state index < -0.39 is 69.9 Å². The van der Waals surface area contributed by atoms with Gasteiger partial charge < -0.3 is 14.9 Å². The maximum absolute atomic E-state index is 17.1. The van der Waals surface area contributed by atoms with Crippen molar-refractivity contribution in [1.82, 2.24) is 0 Å². The number of hydrogen-bond donors (Lipinski definition) is 2. The predicted molar refractivity (Wildman–Crippen MR) is 110 cm³/mol. The topological polar surface area (TPSA) is 101 Å². The van der Waals surface area contributed by atoms with Gasteiger partial charge in [0.1, 0.15) is 6.17 Å². The lowest BCUT2D eigenvalue weighted by Crippen LogP contribution is -2.71. The standard InChI is InChI=1S/C24H30F2O6/c1-5-19(29)32-24(20(30)31)12(2)8-14-15-10-17(25)16-9-13(27)6-7-21(16,3)23(15,26)18(28)11-22(14,24)4/h6-7,9,12,14-15,17-18,28H,5,8,10-11H2,1-4H3,(H,30,31)/t12-,14+,15+,17+,18+,21+,22+,23+,24-/m1/s1. The van der Waals surface area contributed by atoms with Gasteiger partial charge in [0.15, 0.2) is 11.5 Å². The molecule has 0 radical (unpaired) electrons. The Balaban J connectivity index is 1.87. The molecule has 176 valence electrons. The number of rotatable bonds is 3. The molecule has 8 heteroatoms. The molecule has 9 atom stereocenters. The molecule has 0 bridgehead atoms. The van der Waals surface area contributed by atoms with E-state index in [9.17, 15) is 24.6 Å². The first-order chi connectivity index (χ1) is 14.8. The second kappa shape index (κ2) is 6.95. The summed E-state index contributed by atoms with van der Waals surface area (Å²) in [5.74, 6) is -4.78. The summed E-state index contributed by atoms with van der Waals surface area (Å²) in [6.45, 7) is 6.31. The third-order valence-corrected chi connectivity index (χ3v) is 9.05. The number of carbonyl (C=O) groups excluding carboxylic acids is 2. The molecule has 4 rings (SSSR count). The molecule has 0 aromatic carbocycles. The number of alkyl halides is 2. The maximum atomic E-state index is 17.1. The molecule has 4 aliphatic rings. The largest absolute Gasteiger partial charge is 0.478 e. The summed E-state index contributed by atoms with van der Waals surface area (Å²) >= 11 is 0. The Hall–Kier alpha value is -2.09. The number of hydrogen-bond acceptors (Lipinski definition) is 5. The molecule has 0 heterocycles. The van der Waals surface area contributed by atoms with Gasteiger partial charge in [-0.05, 0) is 49.8 Å². The number of aliphatic carboxylic acids is 1. The van der Waals surface area contributed by atoms with Gasteiger partial charge >= 0.3 is 11.9 Å². The first kappa shape index (κ1) is 23.1. The van der Waals surface area contributed by atoms with Gasteiger partial charge in [-0.15, -0.1) is 0 Å². The SMILES string of the molecule is CCC(=O)O[C@@]1(C(=O)O)[C@H](C)C[C@H]2[C@@H]3C[C@H](F)C4=CC(=O)C=C[C@]4(C)[C@@]3(F)[C@@H](O)C[C@@]21C. The van der Waals surface area contributed by atoms with Crippen molar-refractivity contribution in [2.75, 3.05) is 0 Å². The van der Waals surface area contributed by atoms with Crippen molar-refractivity contribution in [2.45, 2.75) is 76.9 Å². The molecule has 4 aliphatic carbocycles. The summed E-state index contributed by atoms with van der Waals surface area (Å²) in [7, 11) is 0. The average Bonchev–Trinajstić information content (AvgIpc) is 2.93. The maximum Gasteiger partial charge on any atom is 0.349 e. The van der Waals surface area contributed by atoms with Crippen LogP contribution in [0.3, 0.4) is 0 Å². The lowest BCUT2D eigenvalue weighted by molar-refractivity contribution is -0.237. The van der Waals surface area contributed by atoms with Gasteiger partial charge in [0.25, 0.3) is 0 Å². The molecule has 3 fully saturated rings. The number of ketones is 1. The van der Waals surface area contributed by atoms with Crippen molar-refractivity contribution >= 4 is 17.7 Å². The van der Waals surface area contributed by atoms with Crippen molar-refractivity contribution in [3.63, 3.8) is 0 Å². The number of carboxylic acids is 1. The Morgan fingerprint density at radius 3 is 2.50 bits per heavy atom. The van der Waals surface area contributed by atoms with Gasteiger partial charge in [-0.25, -0.2) is 13.6 Å². The summed E-state index contributed by atoms with van der Waals surface area (Å²) in [6, 6.07) is 0. The Bertz CT molecular complexity index is 945. The highest BCUT2D eigenvalue weighted by atomic mass is 19.1. The molecule has 0 unspecified atom stereocenters. The van der Waals surface area contributed by atoms with Crippen LogP contribution in [0.4, 0.5) is 8.78 Å². The molecule has 0 saturated heterocycles.